The topological polar surface area (TPSA) is 86.5 Å². The maximum Gasteiger partial charge on any atom is 0.251 e. The monoisotopic (exact) mass is 547 g/mol. The lowest BCUT2D eigenvalue weighted by molar-refractivity contribution is 0.0829. The van der Waals surface area contributed by atoms with Crippen molar-refractivity contribution in [1.82, 2.24) is 15.2 Å². The number of amides is 1. The molecule has 0 aliphatic rings. The molecular formula is C32H35F2N3O3. The summed E-state index contributed by atoms with van der Waals surface area (Å²) in [4.78, 5) is 13.2. The van der Waals surface area contributed by atoms with E-state index in [0.717, 1.165) is 29.4 Å². The summed E-state index contributed by atoms with van der Waals surface area (Å²) in [5.41, 5.74) is 5.16. The largest absolute Gasteiger partial charge is 0.506 e. The van der Waals surface area contributed by atoms with Gasteiger partial charge in [-0.05, 0) is 85.8 Å². The van der Waals surface area contributed by atoms with Crippen LogP contribution in [0.25, 0.3) is 5.69 Å². The third-order valence-electron chi connectivity index (χ3n) is 6.99. The number of carbonyl (C=O) groups excluding carboxylic acids is 1. The van der Waals surface area contributed by atoms with Gasteiger partial charge in [0.1, 0.15) is 17.4 Å². The first kappa shape index (κ1) is 29.0. The van der Waals surface area contributed by atoms with Gasteiger partial charge in [-0.1, -0.05) is 31.2 Å². The molecule has 4 aromatic rings. The van der Waals surface area contributed by atoms with Crippen LogP contribution in [-0.4, -0.2) is 39.4 Å². The Hall–Kier alpha value is -4.01. The molecule has 2 atom stereocenters. The lowest BCUT2D eigenvalue weighted by Crippen LogP contribution is -2.48. The van der Waals surface area contributed by atoms with Crippen molar-refractivity contribution in [3.8, 4) is 11.4 Å². The van der Waals surface area contributed by atoms with Crippen LogP contribution in [0.3, 0.4) is 0 Å². The number of nitrogens with zero attached hydrogens (tertiary/aromatic N) is 1. The van der Waals surface area contributed by atoms with E-state index in [0.29, 0.717) is 17.8 Å². The van der Waals surface area contributed by atoms with E-state index in [4.69, 9.17) is 0 Å². The average Bonchev–Trinajstić information content (AvgIpc) is 3.25. The Morgan fingerprint density at radius 1 is 0.900 bits per heavy atom. The highest BCUT2D eigenvalue weighted by molar-refractivity contribution is 5.95. The molecule has 0 spiro atoms. The predicted molar refractivity (Wildman–Crippen MR) is 152 cm³/mol. The molecule has 0 unspecified atom stereocenters. The van der Waals surface area contributed by atoms with Gasteiger partial charge in [0.05, 0.1) is 17.8 Å². The van der Waals surface area contributed by atoms with Gasteiger partial charge in [-0.25, -0.2) is 8.78 Å². The molecule has 4 N–H and O–H groups in total. The van der Waals surface area contributed by atoms with Crippen molar-refractivity contribution in [2.24, 2.45) is 0 Å². The fourth-order valence-corrected chi connectivity index (χ4v) is 4.89. The molecule has 4 rings (SSSR count). The normalized spacial score (nSPS) is 12.8. The smallest absolute Gasteiger partial charge is 0.251 e. The fourth-order valence-electron chi connectivity index (χ4n) is 4.89. The Balaban J connectivity index is 1.50. The Bertz CT molecular complexity index is 1440. The van der Waals surface area contributed by atoms with Gasteiger partial charge in [0, 0.05) is 36.1 Å². The van der Waals surface area contributed by atoms with Gasteiger partial charge in [0.25, 0.3) is 5.91 Å². The van der Waals surface area contributed by atoms with Crippen LogP contribution < -0.4 is 10.6 Å². The summed E-state index contributed by atoms with van der Waals surface area (Å²) in [5.74, 6) is -2.08. The highest BCUT2D eigenvalue weighted by Crippen LogP contribution is 2.26. The minimum absolute atomic E-state index is 0.000406. The van der Waals surface area contributed by atoms with Gasteiger partial charge in [0.2, 0.25) is 0 Å². The molecule has 1 heterocycles. The van der Waals surface area contributed by atoms with Crippen molar-refractivity contribution in [2.75, 3.05) is 6.54 Å². The maximum atomic E-state index is 13.9. The zero-order valence-electron chi connectivity index (χ0n) is 22.9. The number of carbonyl (C=O) groups is 1. The molecule has 1 amide bonds. The van der Waals surface area contributed by atoms with E-state index in [-0.39, 0.29) is 24.3 Å². The van der Waals surface area contributed by atoms with Gasteiger partial charge < -0.3 is 25.4 Å². The Morgan fingerprint density at radius 3 is 2.23 bits per heavy atom. The van der Waals surface area contributed by atoms with Crippen LogP contribution >= 0.6 is 0 Å². The number of nitrogens with one attached hydrogen (secondary N) is 2. The molecule has 0 saturated heterocycles. The van der Waals surface area contributed by atoms with Crippen LogP contribution in [0.2, 0.25) is 0 Å². The van der Waals surface area contributed by atoms with Crippen molar-refractivity contribution in [3.05, 3.63) is 118 Å². The van der Waals surface area contributed by atoms with E-state index < -0.39 is 29.7 Å². The number of aryl methyl sites for hydroxylation is 3. The van der Waals surface area contributed by atoms with Crippen molar-refractivity contribution in [1.29, 1.82) is 0 Å². The first-order chi connectivity index (χ1) is 19.1. The minimum Gasteiger partial charge on any atom is -0.506 e. The molecule has 0 aliphatic heterocycles. The summed E-state index contributed by atoms with van der Waals surface area (Å²) in [6.07, 6.45) is -0.154. The SMILES string of the molecule is CCc1cccc(CNC[C@H](O)[C@H](Cc2cc(F)cc(F)c2)NC(=O)c2ccc(-n3c(C)ccc3C)c(O)c2)c1. The first-order valence-corrected chi connectivity index (χ1v) is 13.4. The third kappa shape index (κ3) is 7.14. The maximum absolute atomic E-state index is 13.9. The second-order valence-corrected chi connectivity index (χ2v) is 10.1. The summed E-state index contributed by atoms with van der Waals surface area (Å²) in [7, 11) is 0. The molecule has 8 heteroatoms. The molecule has 0 aliphatic carbocycles. The molecule has 0 saturated carbocycles. The number of aliphatic hydroxyl groups is 1. The van der Waals surface area contributed by atoms with E-state index in [1.165, 1.54) is 23.8 Å². The number of benzene rings is 3. The van der Waals surface area contributed by atoms with Crippen LogP contribution in [0.15, 0.2) is 72.8 Å². The van der Waals surface area contributed by atoms with Crippen LogP contribution in [0.1, 0.15) is 45.4 Å². The molecule has 0 bridgehead atoms. The molecule has 3 aromatic carbocycles. The van der Waals surface area contributed by atoms with E-state index in [2.05, 4.69) is 23.6 Å². The van der Waals surface area contributed by atoms with E-state index >= 15 is 0 Å². The van der Waals surface area contributed by atoms with E-state index in [9.17, 15) is 23.8 Å². The second kappa shape index (κ2) is 12.9. The molecule has 40 heavy (non-hydrogen) atoms. The number of aromatic hydroxyl groups is 1. The van der Waals surface area contributed by atoms with Gasteiger partial charge in [-0.2, -0.15) is 0 Å². The van der Waals surface area contributed by atoms with E-state index in [1.54, 1.807) is 12.1 Å². The number of rotatable bonds is 11. The second-order valence-electron chi connectivity index (χ2n) is 10.1. The predicted octanol–water partition coefficient (Wildman–Crippen LogP) is 5.13. The number of halogens is 2. The van der Waals surface area contributed by atoms with Gasteiger partial charge in [-0.3, -0.25) is 4.79 Å². The van der Waals surface area contributed by atoms with Crippen molar-refractivity contribution in [3.63, 3.8) is 0 Å². The lowest BCUT2D eigenvalue weighted by atomic mass is 10.00. The third-order valence-corrected chi connectivity index (χ3v) is 6.99. The van der Waals surface area contributed by atoms with Gasteiger partial charge >= 0.3 is 0 Å². The van der Waals surface area contributed by atoms with Crippen LogP contribution in [-0.2, 0) is 19.4 Å². The molecule has 1 aromatic heterocycles. The molecule has 0 radical (unpaired) electrons. The number of aliphatic hydroxyl groups excluding tert-OH is 1. The van der Waals surface area contributed by atoms with Crippen LogP contribution in [0.4, 0.5) is 8.78 Å². The number of hydrogen-bond donors (Lipinski definition) is 4. The van der Waals surface area contributed by atoms with Crippen LogP contribution in [0.5, 0.6) is 5.75 Å². The summed E-state index contributed by atoms with van der Waals surface area (Å²) >= 11 is 0. The molecular weight excluding hydrogens is 512 g/mol. The highest BCUT2D eigenvalue weighted by Gasteiger charge is 2.24. The number of hydrogen-bond acceptors (Lipinski definition) is 4. The quantitative estimate of drug-likeness (QED) is 0.210. The summed E-state index contributed by atoms with van der Waals surface area (Å²) in [6, 6.07) is 18.9. The van der Waals surface area contributed by atoms with Crippen molar-refractivity contribution < 1.29 is 23.8 Å². The Kier molecular flexibility index (Phi) is 9.34. The lowest BCUT2D eigenvalue weighted by Gasteiger charge is -2.25. The first-order valence-electron chi connectivity index (χ1n) is 13.4. The molecule has 210 valence electrons. The highest BCUT2D eigenvalue weighted by atomic mass is 19.1. The van der Waals surface area contributed by atoms with Crippen LogP contribution in [0, 0.1) is 25.5 Å². The number of aromatic nitrogens is 1. The number of phenolic OH excluding ortho intramolecular Hbond substituents is 1. The van der Waals surface area contributed by atoms with Gasteiger partial charge in [-0.15, -0.1) is 0 Å². The summed E-state index contributed by atoms with van der Waals surface area (Å²) < 4.78 is 29.6. The Labute approximate surface area is 233 Å². The molecule has 0 fully saturated rings. The standard InChI is InChI=1S/C32H35F2N3O3/c1-4-22-6-5-7-23(12-22)18-35-19-31(39)28(15-24-13-26(33)17-27(34)14-24)36-32(40)25-10-11-29(30(38)16-25)37-20(2)8-9-21(37)3/h5-14,16-17,28,31,35,38-39H,4,15,18-19H2,1-3H3,(H,36,40)/t28-,31-/m0/s1. The minimum atomic E-state index is -1.07. The van der Waals surface area contributed by atoms with Gasteiger partial charge in [0.15, 0.2) is 0 Å². The zero-order chi connectivity index (χ0) is 28.8. The fraction of sp³-hybridized carbons (Fsp3) is 0.281. The average molecular weight is 548 g/mol. The van der Waals surface area contributed by atoms with Crippen molar-refractivity contribution in [2.45, 2.75) is 52.3 Å². The van der Waals surface area contributed by atoms with Crippen molar-refractivity contribution >= 4 is 5.91 Å². The number of phenols is 1. The summed E-state index contributed by atoms with van der Waals surface area (Å²) in [6.45, 7) is 6.56. The molecule has 6 nitrogen and oxygen atoms in total. The van der Waals surface area contributed by atoms with E-state index in [1.807, 2.05) is 48.7 Å². The Morgan fingerprint density at radius 2 is 1.57 bits per heavy atom. The summed E-state index contributed by atoms with van der Waals surface area (Å²) in [5, 5.41) is 27.8. The zero-order valence-corrected chi connectivity index (χ0v) is 22.9.